The zero-order valence-corrected chi connectivity index (χ0v) is 31.8. The number of ether oxygens (including phenoxy) is 1. The number of rotatable bonds is 18. The molecule has 0 saturated heterocycles. The van der Waals surface area contributed by atoms with Crippen LogP contribution in [0.1, 0.15) is 84.1 Å². The summed E-state index contributed by atoms with van der Waals surface area (Å²) in [6.07, 6.45) is -18.8. The first-order chi connectivity index (χ1) is 32.3. The van der Waals surface area contributed by atoms with Crippen molar-refractivity contribution in [2.24, 2.45) is 5.89 Å². The van der Waals surface area contributed by atoms with Gasteiger partial charge in [0.15, 0.2) is 0 Å². The molecule has 0 bridgehead atoms. The molecule has 0 aliphatic rings. The molecule has 0 spiro atoms. The quantitative estimate of drug-likeness (QED) is 0.0679. The number of hydrogen-bond acceptors (Lipinski definition) is 10. The summed E-state index contributed by atoms with van der Waals surface area (Å²) in [5.74, 6) is -10.9. The number of phosphoric acid groups is 1. The third-order valence-corrected chi connectivity index (χ3v) is 7.43. The summed E-state index contributed by atoms with van der Waals surface area (Å²) < 4.78 is 260. The van der Waals surface area contributed by atoms with Crippen LogP contribution in [0, 0.1) is 5.89 Å². The molecule has 0 fully saturated rings. The molecule has 50 heavy (non-hydrogen) atoms. The first kappa shape index (κ1) is 20.1. The zero-order valence-electron chi connectivity index (χ0n) is 51.1. The van der Waals surface area contributed by atoms with Crippen molar-refractivity contribution in [2.45, 2.75) is 55.6 Å². The summed E-state index contributed by atoms with van der Waals surface area (Å²) in [6, 6.07) is 3.62. The summed E-state index contributed by atoms with van der Waals surface area (Å²) in [5, 5.41) is 2.59. The molecule has 0 saturated carbocycles. The number of nitrogens with zero attached hydrogens (tertiary/aromatic N) is 1. The number of nitrogens with one attached hydrogen (secondary N) is 2. The van der Waals surface area contributed by atoms with Crippen molar-refractivity contribution in [3.8, 4) is 0 Å². The molecule has 17 heteroatoms. The number of phosphoric ester groups is 1. The number of carbonyl (C=O) groups is 2. The van der Waals surface area contributed by atoms with Gasteiger partial charge in [0.05, 0.1) is 35.9 Å². The predicted molar refractivity (Wildman–Crippen MR) is 178 cm³/mol. The minimum absolute atomic E-state index is 0. The van der Waals surface area contributed by atoms with Gasteiger partial charge in [0.1, 0.15) is 6.02 Å². The van der Waals surface area contributed by atoms with Gasteiger partial charge in [-0.3, -0.25) is 4.79 Å². The maximum absolute atomic E-state index is 14.8. The summed E-state index contributed by atoms with van der Waals surface area (Å²) in [4.78, 5) is 50.4. The average molecular weight is 774 g/mol. The number of amides is 2. The third kappa shape index (κ3) is 14.7. The molecule has 2 atom stereocenters. The zero-order chi connectivity index (χ0) is 57.3. The van der Waals surface area contributed by atoms with Crippen LogP contribution in [0.5, 0.6) is 0 Å². The van der Waals surface area contributed by atoms with E-state index < -0.39 is 133 Å². The molecular formula is C33H43N4Na2O9PS. The van der Waals surface area contributed by atoms with Crippen LogP contribution in [-0.2, 0) is 28.6 Å². The molecular weight excluding hydrogens is 705 g/mol. The first-order valence-corrected chi connectivity index (χ1v) is 15.8. The van der Waals surface area contributed by atoms with Crippen molar-refractivity contribution in [3.63, 3.8) is 0 Å². The average Bonchev–Trinajstić information content (AvgIpc) is 3.20. The van der Waals surface area contributed by atoms with E-state index in [2.05, 4.69) is 9.26 Å². The van der Waals surface area contributed by atoms with Crippen LogP contribution in [0.4, 0.5) is 10.5 Å². The SMILES string of the molecule is [2H]C([2H])([2H])OC(=O)N[C@@]([2H])(C(=O)NC([2H])([2H])C([2H])([2H])C([2H])([2H])C([2H])([2H])[C@]([2H])(N(C([2H])([2H])C([2H])(C([2H])([2H])[2H])C([2H])([2H])[2H])S(=O)(=O)c1ccc(N)cc1)C([2H])([2H])OP(=O)([O-])[O-])C([2H])(c1ccccc1)c1ccccc1.[Na+].[Na+]. The molecule has 2 amide bonds. The van der Waals surface area contributed by atoms with E-state index in [9.17, 15) is 36.5 Å². The number of nitrogens with two attached hydrogens (primary N) is 1. The Morgan fingerprint density at radius 3 is 2.08 bits per heavy atom. The fourth-order valence-corrected chi connectivity index (χ4v) is 5.02. The van der Waals surface area contributed by atoms with E-state index >= 15 is 0 Å². The van der Waals surface area contributed by atoms with Gasteiger partial charge in [0, 0.05) is 55.3 Å². The number of carbonyl (C=O) groups excluding carboxylic acids is 2. The Kier molecular flexibility index (Phi) is 8.95. The number of sulfonamides is 1. The van der Waals surface area contributed by atoms with Crippen LogP contribution in [0.15, 0.2) is 89.8 Å². The Hall–Kier alpha value is -1.78. The Morgan fingerprint density at radius 2 is 1.56 bits per heavy atom. The van der Waals surface area contributed by atoms with Crippen molar-refractivity contribution in [2.75, 3.05) is 32.3 Å². The standard InChI is InChI=1S/C33H45N4O9PS.2Na/c1-24(2)22-37(48(43,44)29-19-17-27(34)18-20-29)28(23-46-47(40,41)42)16-10-11-21-35-32(38)31(36-33(39)45-3)30(25-12-6-4-7-13-25)26-14-8-5-9-15-26;;/h4-9,12-15,17-20,24,28,30-31H,10-11,16,21-23,34H2,1-3H3,(H,35,38)(H,36,39)(H2,40,41,42);;/q;2*+1/p-2/t28-,31+;;/m0../s1/i1D3,2D3,3D3,10D2,11D2,16D2,21D2,22D2,23D2,24D,28D,30D,31D;;. The monoisotopic (exact) mass is 773 g/mol. The van der Waals surface area contributed by atoms with E-state index in [1.165, 1.54) is 41.7 Å². The minimum Gasteiger partial charge on any atom is -0.790 e. The maximum Gasteiger partial charge on any atom is 1.00 e. The van der Waals surface area contributed by atoms with Gasteiger partial charge < -0.3 is 40.0 Å². The van der Waals surface area contributed by atoms with Gasteiger partial charge in [-0.05, 0) is 54.0 Å². The fourth-order valence-electron chi connectivity index (χ4n) is 3.60. The third-order valence-electron chi connectivity index (χ3n) is 5.49. The molecule has 3 rings (SSSR count). The van der Waals surface area contributed by atoms with Gasteiger partial charge in [-0.2, -0.15) is 4.31 Å². The van der Waals surface area contributed by atoms with Gasteiger partial charge in [-0.15, -0.1) is 0 Å². The molecule has 0 radical (unpaired) electrons. The van der Waals surface area contributed by atoms with Gasteiger partial charge in [-0.25, -0.2) is 13.2 Å². The van der Waals surface area contributed by atoms with Crippen LogP contribution < -0.4 is 85.3 Å². The molecule has 262 valence electrons. The number of benzene rings is 3. The van der Waals surface area contributed by atoms with Crippen LogP contribution in [0.25, 0.3) is 0 Å². The Bertz CT molecular complexity index is 2620. The summed E-state index contributed by atoms with van der Waals surface area (Å²) in [5.41, 5.74) is 4.27. The van der Waals surface area contributed by atoms with E-state index in [1.54, 1.807) is 0 Å². The predicted octanol–water partition coefficient (Wildman–Crippen LogP) is -3.02. The normalized spacial score (nSPS) is 24.3. The van der Waals surface area contributed by atoms with Crippen molar-refractivity contribution in [1.29, 1.82) is 0 Å². The van der Waals surface area contributed by atoms with Crippen molar-refractivity contribution >= 4 is 35.5 Å². The molecule has 13 nitrogen and oxygen atoms in total. The number of alkyl carbamates (subject to hydrolysis) is 1. The van der Waals surface area contributed by atoms with Crippen molar-refractivity contribution in [1.82, 2.24) is 14.9 Å². The topological polar surface area (TPSA) is 203 Å². The van der Waals surface area contributed by atoms with E-state index in [0.29, 0.717) is 24.3 Å². The summed E-state index contributed by atoms with van der Waals surface area (Å²) in [7, 11) is -17.9. The molecule has 3 aromatic rings. The smallest absolute Gasteiger partial charge is 0.790 e. The Morgan fingerprint density at radius 1 is 0.980 bits per heavy atom. The molecule has 4 N–H and O–H groups in total. The Labute approximate surface area is 374 Å². The van der Waals surface area contributed by atoms with E-state index in [0.717, 1.165) is 29.6 Å². The molecule has 0 aliphatic heterocycles. The van der Waals surface area contributed by atoms with E-state index in [4.69, 9.17) is 35.9 Å². The van der Waals surface area contributed by atoms with E-state index in [1.807, 2.05) is 0 Å². The Balaban J connectivity index is 0.0000141. The van der Waals surface area contributed by atoms with Crippen molar-refractivity contribution in [3.05, 3.63) is 96.1 Å². The number of nitrogen functional groups attached to an aromatic ring is 1. The maximum atomic E-state index is 14.8. The second kappa shape index (κ2) is 22.3. The number of anilines is 1. The fraction of sp³-hybridized carbons (Fsp3) is 0.394. The van der Waals surface area contributed by atoms with Crippen molar-refractivity contribution < 1.29 is 135 Å². The largest absolute Gasteiger partial charge is 1.00 e. The molecule has 0 aliphatic carbocycles. The first-order valence-electron chi connectivity index (χ1n) is 25.3. The van der Waals surface area contributed by atoms with Crippen LogP contribution >= 0.6 is 7.82 Å². The second-order valence-electron chi connectivity index (χ2n) is 8.77. The van der Waals surface area contributed by atoms with Gasteiger partial charge >= 0.3 is 65.2 Å². The number of hydrogen-bond donors (Lipinski definition) is 3. The van der Waals surface area contributed by atoms with Gasteiger partial charge in [-0.1, -0.05) is 80.7 Å². The molecule has 0 aromatic heterocycles. The molecule has 3 aromatic carbocycles. The summed E-state index contributed by atoms with van der Waals surface area (Å²) >= 11 is 0. The van der Waals surface area contributed by atoms with Crippen LogP contribution in [-0.4, -0.2) is 63.3 Å². The number of methoxy groups -OCH3 is 1. The van der Waals surface area contributed by atoms with E-state index in [-0.39, 0.29) is 64.8 Å². The minimum atomic E-state index is -7.29. The van der Waals surface area contributed by atoms with Gasteiger partial charge in [0.25, 0.3) is 0 Å². The summed E-state index contributed by atoms with van der Waals surface area (Å²) in [6.45, 7) is -25.6. The van der Waals surface area contributed by atoms with Crippen LogP contribution in [0.3, 0.4) is 0 Å². The molecule has 0 unspecified atom stereocenters. The van der Waals surface area contributed by atoms with Gasteiger partial charge in [0.2, 0.25) is 15.9 Å². The molecule has 0 heterocycles. The van der Waals surface area contributed by atoms with Crippen LogP contribution in [0.2, 0.25) is 0 Å². The second-order valence-corrected chi connectivity index (χ2v) is 11.6.